The van der Waals surface area contributed by atoms with Crippen LogP contribution in [0.3, 0.4) is 0 Å². The summed E-state index contributed by atoms with van der Waals surface area (Å²) in [6.45, 7) is 8.24. The molecule has 5 heteroatoms. The summed E-state index contributed by atoms with van der Waals surface area (Å²) in [7, 11) is 0. The minimum Gasteiger partial charge on any atom is -0.463 e. The fraction of sp³-hybridized carbons (Fsp3) is 0.800. The predicted octanol–water partition coefficient (Wildman–Crippen LogP) is 4.38. The van der Waals surface area contributed by atoms with Gasteiger partial charge in [-0.1, -0.05) is 19.4 Å². The molecule has 0 spiro atoms. The van der Waals surface area contributed by atoms with Crippen LogP contribution in [0.5, 0.6) is 0 Å². The third-order valence-corrected chi connectivity index (χ3v) is 9.68. The van der Waals surface area contributed by atoms with E-state index in [9.17, 15) is 14.4 Å². The number of carbonyl (C=O) groups is 3. The van der Waals surface area contributed by atoms with Crippen molar-refractivity contribution in [3.05, 3.63) is 11.1 Å². The average Bonchev–Trinajstić information content (AvgIpc) is 2.95. The van der Waals surface area contributed by atoms with E-state index in [0.717, 1.165) is 32.1 Å². The van der Waals surface area contributed by atoms with Crippen LogP contribution in [0.1, 0.15) is 79.1 Å². The fourth-order valence-electron chi connectivity index (χ4n) is 8.53. The summed E-state index contributed by atoms with van der Waals surface area (Å²) in [6, 6.07) is 0. The zero-order valence-electron chi connectivity index (χ0n) is 18.7. The third-order valence-electron chi connectivity index (χ3n) is 9.68. The Morgan fingerprint density at radius 1 is 1.10 bits per heavy atom. The SMILES string of the molecule is CC(=O)O[C@H]1CC[C@]2(C)C3CC[C@]4(C)C5=C(C)CC(=O)O[C@@H]5CC4C3CC(=O)[C@H]2C1. The molecule has 0 aromatic rings. The lowest BCUT2D eigenvalue weighted by Crippen LogP contribution is -2.56. The highest BCUT2D eigenvalue weighted by Crippen LogP contribution is 2.67. The van der Waals surface area contributed by atoms with E-state index in [1.807, 2.05) is 0 Å². The van der Waals surface area contributed by atoms with Crippen molar-refractivity contribution in [1.82, 2.24) is 0 Å². The molecule has 4 fully saturated rings. The Hall–Kier alpha value is -1.65. The molecule has 5 rings (SSSR count). The second kappa shape index (κ2) is 6.67. The monoisotopic (exact) mass is 414 g/mol. The van der Waals surface area contributed by atoms with E-state index in [4.69, 9.17) is 9.47 Å². The molecule has 0 aromatic carbocycles. The first kappa shape index (κ1) is 20.3. The van der Waals surface area contributed by atoms with Gasteiger partial charge in [-0.2, -0.15) is 0 Å². The molecule has 0 radical (unpaired) electrons. The van der Waals surface area contributed by atoms with Crippen molar-refractivity contribution in [2.24, 2.45) is 34.5 Å². The third kappa shape index (κ3) is 2.76. The largest absolute Gasteiger partial charge is 0.463 e. The minimum absolute atomic E-state index is 0.00339. The number of ether oxygens (including phenoxy) is 2. The first-order chi connectivity index (χ1) is 14.1. The van der Waals surface area contributed by atoms with Crippen LogP contribution in [0.2, 0.25) is 0 Å². The van der Waals surface area contributed by atoms with Crippen molar-refractivity contribution in [1.29, 1.82) is 0 Å². The van der Waals surface area contributed by atoms with Gasteiger partial charge in [0.05, 0.1) is 6.42 Å². The predicted molar refractivity (Wildman–Crippen MR) is 110 cm³/mol. The van der Waals surface area contributed by atoms with Gasteiger partial charge >= 0.3 is 11.9 Å². The van der Waals surface area contributed by atoms with Crippen LogP contribution in [0.25, 0.3) is 0 Å². The van der Waals surface area contributed by atoms with E-state index < -0.39 is 0 Å². The summed E-state index contributed by atoms with van der Waals surface area (Å²) in [6.07, 6.45) is 6.46. The van der Waals surface area contributed by atoms with Gasteiger partial charge in [0.1, 0.15) is 18.0 Å². The maximum Gasteiger partial charge on any atom is 0.310 e. The second-order valence-corrected chi connectivity index (χ2v) is 11.2. The van der Waals surface area contributed by atoms with Gasteiger partial charge in [-0.05, 0) is 79.6 Å². The van der Waals surface area contributed by atoms with E-state index in [2.05, 4.69) is 20.8 Å². The molecule has 0 aromatic heterocycles. The number of fused-ring (bicyclic) bond motifs is 7. The molecule has 1 aliphatic heterocycles. The first-order valence-electron chi connectivity index (χ1n) is 11.7. The lowest BCUT2D eigenvalue weighted by atomic mass is 9.44. The van der Waals surface area contributed by atoms with Crippen LogP contribution in [-0.4, -0.2) is 29.9 Å². The van der Waals surface area contributed by atoms with Crippen molar-refractivity contribution in [2.45, 2.75) is 91.3 Å². The minimum atomic E-state index is -0.245. The Balaban J connectivity index is 1.45. The highest BCUT2D eigenvalue weighted by atomic mass is 16.5. The number of hydrogen-bond acceptors (Lipinski definition) is 5. The standard InChI is InChI=1S/C25H34O5/c1-13-9-22(28)30-21-12-18-16-11-20(27)19-10-15(29-14(2)26)5-7-24(19,3)17(16)6-8-25(18,4)23(13)21/h15-19,21H,5-12H2,1-4H3/t15-,16?,17?,18?,19+,21+,24+,25-/m0/s1. The summed E-state index contributed by atoms with van der Waals surface area (Å²) in [4.78, 5) is 36.9. The molecule has 4 aliphatic carbocycles. The first-order valence-corrected chi connectivity index (χ1v) is 11.7. The number of carbonyl (C=O) groups excluding carboxylic acids is 3. The summed E-state index contributed by atoms with van der Waals surface area (Å²) in [5.41, 5.74) is 2.61. The Morgan fingerprint density at radius 3 is 2.60 bits per heavy atom. The Kier molecular flexibility index (Phi) is 4.51. The lowest BCUT2D eigenvalue weighted by molar-refractivity contribution is -0.167. The van der Waals surface area contributed by atoms with Gasteiger partial charge in [-0.3, -0.25) is 14.4 Å². The van der Waals surface area contributed by atoms with E-state index >= 15 is 0 Å². The van der Waals surface area contributed by atoms with Crippen LogP contribution in [-0.2, 0) is 23.9 Å². The highest BCUT2D eigenvalue weighted by molar-refractivity contribution is 5.83. The molecule has 0 amide bonds. The van der Waals surface area contributed by atoms with Crippen LogP contribution < -0.4 is 0 Å². The van der Waals surface area contributed by atoms with E-state index in [1.165, 1.54) is 18.1 Å². The van der Waals surface area contributed by atoms with Gasteiger partial charge in [0.15, 0.2) is 0 Å². The molecule has 3 unspecified atom stereocenters. The Bertz CT molecular complexity index is 842. The Labute approximate surface area is 178 Å². The summed E-state index contributed by atoms with van der Waals surface area (Å²) >= 11 is 0. The molecular weight excluding hydrogens is 380 g/mol. The molecule has 5 aliphatic rings. The van der Waals surface area contributed by atoms with Gasteiger partial charge in [0, 0.05) is 19.3 Å². The van der Waals surface area contributed by atoms with Gasteiger partial charge < -0.3 is 9.47 Å². The van der Waals surface area contributed by atoms with Crippen molar-refractivity contribution in [3.8, 4) is 0 Å². The topological polar surface area (TPSA) is 69.7 Å². The van der Waals surface area contributed by atoms with E-state index in [0.29, 0.717) is 42.8 Å². The number of hydrogen-bond donors (Lipinski definition) is 0. The van der Waals surface area contributed by atoms with Gasteiger partial charge in [0.25, 0.3) is 0 Å². The zero-order chi connectivity index (χ0) is 21.4. The molecule has 0 bridgehead atoms. The maximum absolute atomic E-state index is 13.4. The summed E-state index contributed by atoms with van der Waals surface area (Å²) < 4.78 is 11.3. The second-order valence-electron chi connectivity index (χ2n) is 11.2. The molecule has 1 heterocycles. The molecule has 164 valence electrons. The average molecular weight is 415 g/mol. The van der Waals surface area contributed by atoms with Crippen LogP contribution in [0.4, 0.5) is 0 Å². The van der Waals surface area contributed by atoms with Gasteiger partial charge in [0.2, 0.25) is 0 Å². The van der Waals surface area contributed by atoms with Crippen molar-refractivity contribution in [2.75, 3.05) is 0 Å². The Morgan fingerprint density at radius 2 is 1.87 bits per heavy atom. The zero-order valence-corrected chi connectivity index (χ0v) is 18.7. The van der Waals surface area contributed by atoms with E-state index in [1.54, 1.807) is 0 Å². The molecule has 0 saturated heterocycles. The van der Waals surface area contributed by atoms with Crippen molar-refractivity contribution in [3.63, 3.8) is 0 Å². The number of Topliss-reactive ketones (excluding diaryl/α,β-unsaturated/α-hetero) is 1. The quantitative estimate of drug-likeness (QED) is 0.470. The molecule has 30 heavy (non-hydrogen) atoms. The highest BCUT2D eigenvalue weighted by Gasteiger charge is 2.64. The van der Waals surface area contributed by atoms with Gasteiger partial charge in [-0.15, -0.1) is 0 Å². The maximum atomic E-state index is 13.4. The van der Waals surface area contributed by atoms with Crippen molar-refractivity contribution < 1.29 is 23.9 Å². The molecule has 5 nitrogen and oxygen atoms in total. The number of ketones is 1. The molecule has 4 saturated carbocycles. The van der Waals surface area contributed by atoms with E-state index in [-0.39, 0.29) is 40.9 Å². The van der Waals surface area contributed by atoms with Crippen LogP contribution in [0, 0.1) is 34.5 Å². The normalized spacial score (nSPS) is 47.6. The van der Waals surface area contributed by atoms with Gasteiger partial charge in [-0.25, -0.2) is 0 Å². The molecular formula is C25H34O5. The van der Waals surface area contributed by atoms with Crippen molar-refractivity contribution >= 4 is 17.7 Å². The van der Waals surface area contributed by atoms with Crippen LogP contribution >= 0.6 is 0 Å². The summed E-state index contributed by atoms with van der Waals surface area (Å²) in [5, 5.41) is 0. The lowest BCUT2D eigenvalue weighted by Gasteiger charge is -2.59. The fourth-order valence-corrected chi connectivity index (χ4v) is 8.53. The smallest absolute Gasteiger partial charge is 0.310 e. The molecule has 0 N–H and O–H groups in total. The molecule has 8 atom stereocenters. The summed E-state index contributed by atoms with van der Waals surface area (Å²) in [5.74, 6) is 1.31. The number of esters is 2. The van der Waals surface area contributed by atoms with Crippen LogP contribution in [0.15, 0.2) is 11.1 Å². The number of rotatable bonds is 1.